The van der Waals surface area contributed by atoms with E-state index in [-0.39, 0.29) is 11.5 Å². The zero-order valence-corrected chi connectivity index (χ0v) is 11.2. The Balaban J connectivity index is 2.58. The first-order valence-electron chi connectivity index (χ1n) is 5.47. The van der Waals surface area contributed by atoms with Gasteiger partial charge in [-0.1, -0.05) is 12.1 Å². The number of methoxy groups -OCH3 is 1. The van der Waals surface area contributed by atoms with E-state index in [1.54, 1.807) is 19.2 Å². The lowest BCUT2D eigenvalue weighted by atomic mass is 10.1. The van der Waals surface area contributed by atoms with Gasteiger partial charge in [-0.3, -0.25) is 4.79 Å². The quantitative estimate of drug-likeness (QED) is 0.822. The third-order valence-corrected chi connectivity index (χ3v) is 2.91. The number of amides is 1. The first kappa shape index (κ1) is 14.0. The predicted octanol–water partition coefficient (Wildman–Crippen LogP) is 2.58. The van der Waals surface area contributed by atoms with Crippen LogP contribution in [0.15, 0.2) is 24.3 Å². The molecule has 0 unspecified atom stereocenters. The van der Waals surface area contributed by atoms with E-state index in [1.165, 1.54) is 0 Å². The van der Waals surface area contributed by atoms with Crippen molar-refractivity contribution in [1.29, 1.82) is 0 Å². The molecule has 0 saturated carbocycles. The van der Waals surface area contributed by atoms with Crippen molar-refractivity contribution in [3.63, 3.8) is 0 Å². The molecule has 94 valence electrons. The Morgan fingerprint density at radius 2 is 1.94 bits per heavy atom. The molecule has 0 bridgehead atoms. The molecule has 0 spiro atoms. The van der Waals surface area contributed by atoms with Crippen molar-refractivity contribution < 1.29 is 9.53 Å². The first-order valence-corrected chi connectivity index (χ1v) is 6.00. The SMILES string of the molecule is COC(C)(C)CNC(=O)c1ccc(CCl)cc1. The summed E-state index contributed by atoms with van der Waals surface area (Å²) in [6.07, 6.45) is 0. The van der Waals surface area contributed by atoms with Crippen LogP contribution in [0.4, 0.5) is 0 Å². The molecule has 0 aliphatic heterocycles. The summed E-state index contributed by atoms with van der Waals surface area (Å²) in [5.41, 5.74) is 1.28. The molecule has 1 aromatic rings. The summed E-state index contributed by atoms with van der Waals surface area (Å²) < 4.78 is 5.23. The molecular weight excluding hydrogens is 238 g/mol. The fourth-order valence-electron chi connectivity index (χ4n) is 1.21. The highest BCUT2D eigenvalue weighted by molar-refractivity contribution is 6.17. The third kappa shape index (κ3) is 4.36. The van der Waals surface area contributed by atoms with Crippen molar-refractivity contribution in [3.8, 4) is 0 Å². The van der Waals surface area contributed by atoms with Gasteiger partial charge in [0.2, 0.25) is 0 Å². The zero-order chi connectivity index (χ0) is 12.9. The van der Waals surface area contributed by atoms with E-state index < -0.39 is 0 Å². The normalized spacial score (nSPS) is 11.3. The Morgan fingerprint density at radius 1 is 1.35 bits per heavy atom. The Morgan fingerprint density at radius 3 is 2.41 bits per heavy atom. The molecule has 1 aromatic carbocycles. The van der Waals surface area contributed by atoms with Crippen LogP contribution in [-0.4, -0.2) is 25.2 Å². The van der Waals surface area contributed by atoms with Crippen LogP contribution in [-0.2, 0) is 10.6 Å². The van der Waals surface area contributed by atoms with Crippen LogP contribution in [0.2, 0.25) is 0 Å². The van der Waals surface area contributed by atoms with E-state index in [1.807, 2.05) is 26.0 Å². The van der Waals surface area contributed by atoms with Gasteiger partial charge in [0.25, 0.3) is 5.91 Å². The van der Waals surface area contributed by atoms with E-state index in [2.05, 4.69) is 5.32 Å². The molecule has 1 rings (SSSR count). The van der Waals surface area contributed by atoms with Gasteiger partial charge >= 0.3 is 0 Å². The van der Waals surface area contributed by atoms with Gasteiger partial charge in [-0.25, -0.2) is 0 Å². The smallest absolute Gasteiger partial charge is 0.251 e. The number of halogens is 1. The highest BCUT2D eigenvalue weighted by Gasteiger charge is 2.17. The molecule has 1 amide bonds. The maximum atomic E-state index is 11.8. The lowest BCUT2D eigenvalue weighted by Crippen LogP contribution is -2.39. The van der Waals surface area contributed by atoms with Gasteiger partial charge < -0.3 is 10.1 Å². The predicted molar refractivity (Wildman–Crippen MR) is 69.4 cm³/mol. The molecule has 0 radical (unpaired) electrons. The maximum Gasteiger partial charge on any atom is 0.251 e. The van der Waals surface area contributed by atoms with Crippen LogP contribution in [0.3, 0.4) is 0 Å². The highest BCUT2D eigenvalue weighted by Crippen LogP contribution is 2.08. The van der Waals surface area contributed by atoms with Crippen molar-refractivity contribution in [2.24, 2.45) is 0 Å². The van der Waals surface area contributed by atoms with Crippen LogP contribution in [0.5, 0.6) is 0 Å². The monoisotopic (exact) mass is 255 g/mol. The van der Waals surface area contributed by atoms with E-state index in [0.29, 0.717) is 18.0 Å². The van der Waals surface area contributed by atoms with Crippen molar-refractivity contribution in [2.45, 2.75) is 25.3 Å². The van der Waals surface area contributed by atoms with E-state index in [9.17, 15) is 4.79 Å². The lowest BCUT2D eigenvalue weighted by Gasteiger charge is -2.23. The van der Waals surface area contributed by atoms with Crippen molar-refractivity contribution >= 4 is 17.5 Å². The molecule has 4 heteroatoms. The van der Waals surface area contributed by atoms with Crippen LogP contribution < -0.4 is 5.32 Å². The third-order valence-electron chi connectivity index (χ3n) is 2.60. The highest BCUT2D eigenvalue weighted by atomic mass is 35.5. The molecule has 0 aromatic heterocycles. The second-order valence-electron chi connectivity index (χ2n) is 4.48. The Labute approximate surface area is 107 Å². The molecule has 1 N–H and O–H groups in total. The number of hydrogen-bond donors (Lipinski definition) is 1. The summed E-state index contributed by atoms with van der Waals surface area (Å²) in [5.74, 6) is 0.356. The number of rotatable bonds is 5. The second-order valence-corrected chi connectivity index (χ2v) is 4.74. The van der Waals surface area contributed by atoms with Gasteiger partial charge in [-0.2, -0.15) is 0 Å². The summed E-state index contributed by atoms with van der Waals surface area (Å²) in [6, 6.07) is 7.24. The van der Waals surface area contributed by atoms with Crippen molar-refractivity contribution in [2.75, 3.05) is 13.7 Å². The summed E-state index contributed by atoms with van der Waals surface area (Å²) in [5, 5.41) is 2.83. The van der Waals surface area contributed by atoms with Gasteiger partial charge in [0, 0.05) is 25.1 Å². The number of hydrogen-bond acceptors (Lipinski definition) is 2. The topological polar surface area (TPSA) is 38.3 Å². The molecule has 3 nitrogen and oxygen atoms in total. The number of nitrogens with one attached hydrogen (secondary N) is 1. The minimum atomic E-state index is -0.355. The fourth-order valence-corrected chi connectivity index (χ4v) is 1.39. The molecule has 0 heterocycles. The molecule has 0 aliphatic carbocycles. The van der Waals surface area contributed by atoms with Crippen molar-refractivity contribution in [1.82, 2.24) is 5.32 Å². The second kappa shape index (κ2) is 6.03. The van der Waals surface area contributed by atoms with Crippen LogP contribution in [0.1, 0.15) is 29.8 Å². The number of carbonyl (C=O) groups excluding carboxylic acids is 1. The summed E-state index contributed by atoms with van der Waals surface area (Å²) in [4.78, 5) is 11.8. The van der Waals surface area contributed by atoms with Gasteiger partial charge in [0.15, 0.2) is 0 Å². The molecular formula is C13H18ClNO2. The molecule has 17 heavy (non-hydrogen) atoms. The van der Waals surface area contributed by atoms with Crippen LogP contribution in [0, 0.1) is 0 Å². The minimum absolute atomic E-state index is 0.101. The fraction of sp³-hybridized carbons (Fsp3) is 0.462. The molecule has 0 aliphatic rings. The van der Waals surface area contributed by atoms with Gasteiger partial charge in [0.1, 0.15) is 0 Å². The molecule has 0 atom stereocenters. The van der Waals surface area contributed by atoms with E-state index >= 15 is 0 Å². The number of ether oxygens (including phenoxy) is 1. The van der Waals surface area contributed by atoms with E-state index in [4.69, 9.17) is 16.3 Å². The Hall–Kier alpha value is -1.06. The van der Waals surface area contributed by atoms with Crippen LogP contribution in [0.25, 0.3) is 0 Å². The average Bonchev–Trinajstić information content (AvgIpc) is 2.36. The van der Waals surface area contributed by atoms with Gasteiger partial charge in [-0.15, -0.1) is 11.6 Å². The summed E-state index contributed by atoms with van der Waals surface area (Å²) in [7, 11) is 1.63. The van der Waals surface area contributed by atoms with Gasteiger partial charge in [0.05, 0.1) is 5.60 Å². The molecule has 0 fully saturated rings. The summed E-state index contributed by atoms with van der Waals surface area (Å²) >= 11 is 5.68. The first-order chi connectivity index (χ1) is 7.98. The molecule has 0 saturated heterocycles. The number of alkyl halides is 1. The maximum absolute atomic E-state index is 11.8. The van der Waals surface area contributed by atoms with E-state index in [0.717, 1.165) is 5.56 Å². The Bertz CT molecular complexity index is 374. The lowest BCUT2D eigenvalue weighted by molar-refractivity contribution is 0.0229. The van der Waals surface area contributed by atoms with Crippen LogP contribution >= 0.6 is 11.6 Å². The standard InChI is InChI=1S/C13H18ClNO2/c1-13(2,17-3)9-15-12(16)11-6-4-10(8-14)5-7-11/h4-7H,8-9H2,1-3H3,(H,15,16). The van der Waals surface area contributed by atoms with Crippen molar-refractivity contribution in [3.05, 3.63) is 35.4 Å². The number of carbonyl (C=O) groups is 1. The summed E-state index contributed by atoms with van der Waals surface area (Å²) in [6.45, 7) is 4.31. The Kier molecular flexibility index (Phi) is 4.97. The van der Waals surface area contributed by atoms with Gasteiger partial charge in [-0.05, 0) is 31.5 Å². The largest absolute Gasteiger partial charge is 0.377 e. The zero-order valence-electron chi connectivity index (χ0n) is 10.4. The average molecular weight is 256 g/mol. The number of benzene rings is 1. The minimum Gasteiger partial charge on any atom is -0.377 e.